The minimum absolute atomic E-state index is 0.339. The smallest absolute Gasteiger partial charge is 0.222 e. The van der Waals surface area contributed by atoms with Gasteiger partial charge >= 0.3 is 0 Å². The van der Waals surface area contributed by atoms with Gasteiger partial charge in [-0.2, -0.15) is 0 Å². The van der Waals surface area contributed by atoms with Crippen molar-refractivity contribution in [2.75, 3.05) is 13.1 Å². The average molecular weight is 240 g/mol. The first kappa shape index (κ1) is 14.5. The quantitative estimate of drug-likeness (QED) is 0.695. The normalized spacial score (nSPS) is 23.9. The van der Waals surface area contributed by atoms with E-state index < -0.39 is 0 Å². The lowest BCUT2D eigenvalue weighted by atomic mass is 10.0. The zero-order chi connectivity index (χ0) is 12.7. The summed E-state index contributed by atoms with van der Waals surface area (Å²) in [5.74, 6) is 0.872. The molecule has 17 heavy (non-hydrogen) atoms. The van der Waals surface area contributed by atoms with Crippen molar-refractivity contribution in [3.8, 4) is 0 Å². The van der Waals surface area contributed by atoms with E-state index in [1.807, 2.05) is 0 Å². The highest BCUT2D eigenvalue weighted by molar-refractivity contribution is 5.76. The van der Waals surface area contributed by atoms with Crippen molar-refractivity contribution in [3.63, 3.8) is 0 Å². The van der Waals surface area contributed by atoms with Crippen molar-refractivity contribution in [1.29, 1.82) is 0 Å². The van der Waals surface area contributed by atoms with Crippen molar-refractivity contribution in [2.45, 2.75) is 64.8 Å². The molecule has 100 valence electrons. The standard InChI is InChI=1S/C14H28N2O/c1-3-5-6-10-14(17)16(4-2)13-9-7-8-12(13)11-15/h12-13H,3-11,15H2,1-2H3. The van der Waals surface area contributed by atoms with Crippen LogP contribution in [0.4, 0.5) is 0 Å². The maximum Gasteiger partial charge on any atom is 0.222 e. The summed E-state index contributed by atoms with van der Waals surface area (Å²) >= 11 is 0. The molecule has 0 aliphatic heterocycles. The highest BCUT2D eigenvalue weighted by Crippen LogP contribution is 2.29. The molecule has 1 amide bonds. The summed E-state index contributed by atoms with van der Waals surface area (Å²) < 4.78 is 0. The Bertz CT molecular complexity index is 230. The molecule has 0 aromatic rings. The van der Waals surface area contributed by atoms with Crippen LogP contribution in [0.3, 0.4) is 0 Å². The average Bonchev–Trinajstić information content (AvgIpc) is 2.78. The monoisotopic (exact) mass is 240 g/mol. The van der Waals surface area contributed by atoms with Crippen molar-refractivity contribution >= 4 is 5.91 Å². The summed E-state index contributed by atoms with van der Waals surface area (Å²) in [5.41, 5.74) is 5.80. The number of carbonyl (C=O) groups excluding carboxylic acids is 1. The van der Waals surface area contributed by atoms with Crippen LogP contribution in [-0.2, 0) is 4.79 Å². The SMILES string of the molecule is CCCCCC(=O)N(CC)C1CCCC1CN. The Kier molecular flexibility index (Phi) is 6.56. The molecule has 0 heterocycles. The van der Waals surface area contributed by atoms with E-state index in [0.717, 1.165) is 38.8 Å². The molecule has 0 radical (unpaired) electrons. The van der Waals surface area contributed by atoms with E-state index >= 15 is 0 Å². The van der Waals surface area contributed by atoms with Crippen molar-refractivity contribution < 1.29 is 4.79 Å². The largest absolute Gasteiger partial charge is 0.340 e. The minimum atomic E-state index is 0.339. The molecular weight excluding hydrogens is 212 g/mol. The summed E-state index contributed by atoms with van der Waals surface area (Å²) in [6.07, 6.45) is 7.66. The molecule has 1 rings (SSSR count). The van der Waals surface area contributed by atoms with Gasteiger partial charge < -0.3 is 10.6 Å². The topological polar surface area (TPSA) is 46.3 Å². The minimum Gasteiger partial charge on any atom is -0.340 e. The molecule has 0 bridgehead atoms. The molecule has 0 aromatic heterocycles. The first-order chi connectivity index (χ1) is 8.24. The molecule has 1 fully saturated rings. The molecule has 2 atom stereocenters. The number of nitrogens with zero attached hydrogens (tertiary/aromatic N) is 1. The number of hydrogen-bond donors (Lipinski definition) is 1. The number of hydrogen-bond acceptors (Lipinski definition) is 2. The Morgan fingerprint density at radius 1 is 1.29 bits per heavy atom. The van der Waals surface area contributed by atoms with Crippen LogP contribution < -0.4 is 5.73 Å². The van der Waals surface area contributed by atoms with Crippen LogP contribution in [0.1, 0.15) is 58.8 Å². The number of nitrogens with two attached hydrogens (primary N) is 1. The van der Waals surface area contributed by atoms with Gasteiger partial charge in [0.15, 0.2) is 0 Å². The van der Waals surface area contributed by atoms with Crippen LogP contribution in [0, 0.1) is 5.92 Å². The van der Waals surface area contributed by atoms with Crippen molar-refractivity contribution in [3.05, 3.63) is 0 Å². The predicted molar refractivity (Wildman–Crippen MR) is 71.7 cm³/mol. The Labute approximate surface area is 106 Å². The van der Waals surface area contributed by atoms with Gasteiger partial charge in [0.05, 0.1) is 0 Å². The number of rotatable bonds is 7. The van der Waals surface area contributed by atoms with Crippen LogP contribution in [-0.4, -0.2) is 29.9 Å². The molecule has 1 saturated carbocycles. The lowest BCUT2D eigenvalue weighted by Crippen LogP contribution is -2.44. The predicted octanol–water partition coefficient (Wildman–Crippen LogP) is 2.54. The fourth-order valence-corrected chi connectivity index (χ4v) is 2.97. The summed E-state index contributed by atoms with van der Waals surface area (Å²) in [6, 6.07) is 0.416. The number of amides is 1. The van der Waals surface area contributed by atoms with Gasteiger partial charge in [-0.15, -0.1) is 0 Å². The zero-order valence-electron chi connectivity index (χ0n) is 11.5. The maximum absolute atomic E-state index is 12.2. The molecule has 0 aromatic carbocycles. The van der Waals surface area contributed by atoms with Crippen LogP contribution in [0.25, 0.3) is 0 Å². The van der Waals surface area contributed by atoms with E-state index in [-0.39, 0.29) is 0 Å². The van der Waals surface area contributed by atoms with Gasteiger partial charge in [0, 0.05) is 19.0 Å². The van der Waals surface area contributed by atoms with Crippen LogP contribution >= 0.6 is 0 Å². The molecule has 2 N–H and O–H groups in total. The summed E-state index contributed by atoms with van der Waals surface area (Å²) in [7, 11) is 0. The van der Waals surface area contributed by atoms with Gasteiger partial charge in [-0.05, 0) is 38.6 Å². The Balaban J connectivity index is 2.48. The maximum atomic E-state index is 12.2. The third kappa shape index (κ3) is 3.98. The van der Waals surface area contributed by atoms with Crippen LogP contribution in [0.2, 0.25) is 0 Å². The van der Waals surface area contributed by atoms with E-state index in [4.69, 9.17) is 5.73 Å². The number of unbranched alkanes of at least 4 members (excludes halogenated alkanes) is 2. The third-order valence-corrected chi connectivity index (χ3v) is 3.98. The summed E-state index contributed by atoms with van der Waals surface area (Å²) in [6.45, 7) is 5.82. The zero-order valence-corrected chi connectivity index (χ0v) is 11.5. The first-order valence-electron chi connectivity index (χ1n) is 7.24. The van der Waals surface area contributed by atoms with Gasteiger partial charge in [-0.1, -0.05) is 26.2 Å². The van der Waals surface area contributed by atoms with E-state index in [0.29, 0.717) is 17.9 Å². The van der Waals surface area contributed by atoms with Crippen molar-refractivity contribution in [2.24, 2.45) is 11.7 Å². The second kappa shape index (κ2) is 7.70. The van der Waals surface area contributed by atoms with Crippen LogP contribution in [0.15, 0.2) is 0 Å². The molecular formula is C14H28N2O. The molecule has 2 unspecified atom stereocenters. The lowest BCUT2D eigenvalue weighted by molar-refractivity contribution is -0.134. The molecule has 3 nitrogen and oxygen atoms in total. The van der Waals surface area contributed by atoms with Gasteiger partial charge in [-0.3, -0.25) is 4.79 Å². The third-order valence-electron chi connectivity index (χ3n) is 3.98. The van der Waals surface area contributed by atoms with E-state index in [2.05, 4.69) is 18.7 Å². The second-order valence-corrected chi connectivity index (χ2v) is 5.13. The van der Waals surface area contributed by atoms with Gasteiger partial charge in [0.2, 0.25) is 5.91 Å². The molecule has 1 aliphatic rings. The fraction of sp³-hybridized carbons (Fsp3) is 0.929. The van der Waals surface area contributed by atoms with Crippen LogP contribution in [0.5, 0.6) is 0 Å². The van der Waals surface area contributed by atoms with E-state index in [9.17, 15) is 4.79 Å². The summed E-state index contributed by atoms with van der Waals surface area (Å²) in [5, 5.41) is 0. The van der Waals surface area contributed by atoms with E-state index in [1.165, 1.54) is 19.3 Å². The van der Waals surface area contributed by atoms with Gasteiger partial charge in [-0.25, -0.2) is 0 Å². The molecule has 0 spiro atoms. The highest BCUT2D eigenvalue weighted by atomic mass is 16.2. The Morgan fingerprint density at radius 2 is 2.06 bits per heavy atom. The van der Waals surface area contributed by atoms with Crippen molar-refractivity contribution in [1.82, 2.24) is 4.90 Å². The Morgan fingerprint density at radius 3 is 2.65 bits per heavy atom. The van der Waals surface area contributed by atoms with Gasteiger partial charge in [0.25, 0.3) is 0 Å². The highest BCUT2D eigenvalue weighted by Gasteiger charge is 2.32. The molecule has 0 saturated heterocycles. The molecule has 1 aliphatic carbocycles. The Hall–Kier alpha value is -0.570. The number of carbonyl (C=O) groups is 1. The first-order valence-corrected chi connectivity index (χ1v) is 7.24. The van der Waals surface area contributed by atoms with Gasteiger partial charge in [0.1, 0.15) is 0 Å². The fourth-order valence-electron chi connectivity index (χ4n) is 2.97. The second-order valence-electron chi connectivity index (χ2n) is 5.13. The molecule has 3 heteroatoms. The summed E-state index contributed by atoms with van der Waals surface area (Å²) in [4.78, 5) is 14.3. The lowest BCUT2D eigenvalue weighted by Gasteiger charge is -2.32. The van der Waals surface area contributed by atoms with E-state index in [1.54, 1.807) is 0 Å².